The predicted octanol–water partition coefficient (Wildman–Crippen LogP) is 1.83. The summed E-state index contributed by atoms with van der Waals surface area (Å²) < 4.78 is 0. The summed E-state index contributed by atoms with van der Waals surface area (Å²) in [5, 5.41) is 9.19. The zero-order valence-electron chi connectivity index (χ0n) is 10.1. The molecular formula is C13H18N2O2. The smallest absolute Gasteiger partial charge is 0.320 e. The summed E-state index contributed by atoms with van der Waals surface area (Å²) in [6.45, 7) is 3.51. The molecule has 1 atom stereocenters. The fourth-order valence-corrected chi connectivity index (χ4v) is 2.34. The molecule has 4 nitrogen and oxygen atoms in total. The molecule has 1 aliphatic rings. The molecule has 4 heteroatoms. The van der Waals surface area contributed by atoms with E-state index in [1.54, 1.807) is 6.20 Å². The number of carbonyl (C=O) groups is 1. The van der Waals surface area contributed by atoms with Crippen LogP contribution in [0, 0.1) is 6.92 Å². The Hall–Kier alpha value is -1.42. The number of piperidine rings is 1. The van der Waals surface area contributed by atoms with Gasteiger partial charge in [-0.15, -0.1) is 0 Å². The average molecular weight is 234 g/mol. The number of pyridine rings is 1. The number of carboxylic acid groups (broad SMARTS) is 1. The number of nitrogens with zero attached hydrogens (tertiary/aromatic N) is 2. The van der Waals surface area contributed by atoms with E-state index in [-0.39, 0.29) is 6.04 Å². The van der Waals surface area contributed by atoms with E-state index in [0.29, 0.717) is 6.54 Å². The van der Waals surface area contributed by atoms with Gasteiger partial charge in [-0.2, -0.15) is 0 Å². The van der Waals surface area contributed by atoms with Gasteiger partial charge in [0.1, 0.15) is 6.04 Å². The standard InChI is InChI=1S/C13H18N2O2/c1-10-5-4-7-14-11(10)9-15-8-3-2-6-12(15)13(16)17/h4-5,7,12H,2-3,6,8-9H2,1H3,(H,16,17)/t12-/m1/s1. The van der Waals surface area contributed by atoms with E-state index in [1.165, 1.54) is 0 Å². The molecule has 0 unspecified atom stereocenters. The molecule has 2 heterocycles. The lowest BCUT2D eigenvalue weighted by Crippen LogP contribution is -2.44. The molecule has 1 saturated heterocycles. The minimum atomic E-state index is -0.710. The summed E-state index contributed by atoms with van der Waals surface area (Å²) in [6.07, 6.45) is 4.60. The minimum absolute atomic E-state index is 0.342. The number of hydrogen-bond donors (Lipinski definition) is 1. The van der Waals surface area contributed by atoms with Crippen molar-refractivity contribution >= 4 is 5.97 Å². The first-order valence-electron chi connectivity index (χ1n) is 6.06. The van der Waals surface area contributed by atoms with Gasteiger partial charge in [-0.1, -0.05) is 12.5 Å². The van der Waals surface area contributed by atoms with Gasteiger partial charge in [0.15, 0.2) is 0 Å². The number of hydrogen-bond acceptors (Lipinski definition) is 3. The van der Waals surface area contributed by atoms with Crippen LogP contribution in [0.3, 0.4) is 0 Å². The topological polar surface area (TPSA) is 53.4 Å². The van der Waals surface area contributed by atoms with Crippen LogP contribution in [0.5, 0.6) is 0 Å². The second kappa shape index (κ2) is 5.27. The largest absolute Gasteiger partial charge is 0.480 e. The number of aromatic nitrogens is 1. The van der Waals surface area contributed by atoms with Crippen molar-refractivity contribution in [3.05, 3.63) is 29.6 Å². The number of likely N-dealkylation sites (tertiary alicyclic amines) is 1. The summed E-state index contributed by atoms with van der Waals surface area (Å²) >= 11 is 0. The van der Waals surface area contributed by atoms with Gasteiger partial charge in [-0.05, 0) is 37.9 Å². The number of rotatable bonds is 3. The van der Waals surface area contributed by atoms with Gasteiger partial charge in [0.25, 0.3) is 0 Å². The van der Waals surface area contributed by atoms with Crippen LogP contribution in [0.4, 0.5) is 0 Å². The third-order valence-corrected chi connectivity index (χ3v) is 3.37. The van der Waals surface area contributed by atoms with Gasteiger partial charge in [-0.25, -0.2) is 0 Å². The van der Waals surface area contributed by atoms with Crippen molar-refractivity contribution in [3.8, 4) is 0 Å². The highest BCUT2D eigenvalue weighted by molar-refractivity contribution is 5.73. The molecule has 17 heavy (non-hydrogen) atoms. The highest BCUT2D eigenvalue weighted by Gasteiger charge is 2.28. The third kappa shape index (κ3) is 2.82. The van der Waals surface area contributed by atoms with Gasteiger partial charge in [0.05, 0.1) is 5.69 Å². The van der Waals surface area contributed by atoms with Crippen LogP contribution in [0.2, 0.25) is 0 Å². The molecule has 1 fully saturated rings. The lowest BCUT2D eigenvalue weighted by Gasteiger charge is -2.32. The fourth-order valence-electron chi connectivity index (χ4n) is 2.34. The maximum absolute atomic E-state index is 11.2. The van der Waals surface area contributed by atoms with Gasteiger partial charge >= 0.3 is 5.97 Å². The second-order valence-corrected chi connectivity index (χ2v) is 4.59. The van der Waals surface area contributed by atoms with Crippen molar-refractivity contribution in [2.45, 2.75) is 38.8 Å². The van der Waals surface area contributed by atoms with Crippen LogP contribution in [0.15, 0.2) is 18.3 Å². The summed E-state index contributed by atoms with van der Waals surface area (Å²) in [5.74, 6) is -0.710. The molecule has 1 aromatic heterocycles. The monoisotopic (exact) mass is 234 g/mol. The maximum atomic E-state index is 11.2. The van der Waals surface area contributed by atoms with Crippen LogP contribution < -0.4 is 0 Å². The van der Waals surface area contributed by atoms with E-state index in [0.717, 1.165) is 37.1 Å². The highest BCUT2D eigenvalue weighted by atomic mass is 16.4. The number of aryl methyl sites for hydroxylation is 1. The quantitative estimate of drug-likeness (QED) is 0.867. The van der Waals surface area contributed by atoms with Gasteiger partial charge in [0, 0.05) is 12.7 Å². The second-order valence-electron chi connectivity index (χ2n) is 4.59. The van der Waals surface area contributed by atoms with Crippen molar-refractivity contribution in [1.29, 1.82) is 0 Å². The molecule has 0 radical (unpaired) electrons. The van der Waals surface area contributed by atoms with Crippen molar-refractivity contribution < 1.29 is 9.90 Å². The molecule has 1 N–H and O–H groups in total. The van der Waals surface area contributed by atoms with Crippen LogP contribution in [-0.2, 0) is 11.3 Å². The van der Waals surface area contributed by atoms with Gasteiger partial charge < -0.3 is 5.11 Å². The highest BCUT2D eigenvalue weighted by Crippen LogP contribution is 2.20. The van der Waals surface area contributed by atoms with Crippen LogP contribution >= 0.6 is 0 Å². The lowest BCUT2D eigenvalue weighted by atomic mass is 10.0. The van der Waals surface area contributed by atoms with Crippen molar-refractivity contribution in [2.24, 2.45) is 0 Å². The molecule has 0 bridgehead atoms. The van der Waals surface area contributed by atoms with E-state index in [4.69, 9.17) is 0 Å². The van der Waals surface area contributed by atoms with E-state index in [1.807, 2.05) is 24.0 Å². The summed E-state index contributed by atoms with van der Waals surface area (Å²) in [4.78, 5) is 17.5. The molecule has 0 aliphatic carbocycles. The Kier molecular flexibility index (Phi) is 3.74. The van der Waals surface area contributed by atoms with Crippen molar-refractivity contribution in [3.63, 3.8) is 0 Å². The predicted molar refractivity (Wildman–Crippen MR) is 64.7 cm³/mol. The van der Waals surface area contributed by atoms with Crippen molar-refractivity contribution in [1.82, 2.24) is 9.88 Å². The van der Waals surface area contributed by atoms with E-state index < -0.39 is 5.97 Å². The normalized spacial score (nSPS) is 21.4. The number of carboxylic acids is 1. The Morgan fingerprint density at radius 2 is 2.41 bits per heavy atom. The average Bonchev–Trinajstić information content (AvgIpc) is 2.32. The molecule has 0 amide bonds. The number of aliphatic carboxylic acids is 1. The first kappa shape index (κ1) is 12.0. The first-order chi connectivity index (χ1) is 8.18. The fraction of sp³-hybridized carbons (Fsp3) is 0.538. The minimum Gasteiger partial charge on any atom is -0.480 e. The Morgan fingerprint density at radius 3 is 3.12 bits per heavy atom. The van der Waals surface area contributed by atoms with Crippen LogP contribution in [0.25, 0.3) is 0 Å². The van der Waals surface area contributed by atoms with E-state index >= 15 is 0 Å². The summed E-state index contributed by atoms with van der Waals surface area (Å²) in [6, 6.07) is 3.58. The van der Waals surface area contributed by atoms with Crippen molar-refractivity contribution in [2.75, 3.05) is 6.54 Å². The van der Waals surface area contributed by atoms with Gasteiger partial charge in [0.2, 0.25) is 0 Å². The van der Waals surface area contributed by atoms with E-state index in [9.17, 15) is 9.90 Å². The Bertz CT molecular complexity index is 406. The van der Waals surface area contributed by atoms with Gasteiger partial charge in [-0.3, -0.25) is 14.7 Å². The third-order valence-electron chi connectivity index (χ3n) is 3.37. The Balaban J connectivity index is 2.11. The summed E-state index contributed by atoms with van der Waals surface area (Å²) in [7, 11) is 0. The SMILES string of the molecule is Cc1cccnc1CN1CCCC[C@@H]1C(=O)O. The molecule has 0 saturated carbocycles. The first-order valence-corrected chi connectivity index (χ1v) is 6.06. The zero-order chi connectivity index (χ0) is 12.3. The molecule has 2 rings (SSSR count). The van der Waals surface area contributed by atoms with E-state index in [2.05, 4.69) is 4.98 Å². The molecule has 0 aromatic carbocycles. The van der Waals surface area contributed by atoms with Crippen LogP contribution in [0.1, 0.15) is 30.5 Å². The molecular weight excluding hydrogens is 216 g/mol. The molecule has 1 aliphatic heterocycles. The zero-order valence-corrected chi connectivity index (χ0v) is 10.1. The summed E-state index contributed by atoms with van der Waals surface area (Å²) in [5.41, 5.74) is 2.11. The molecule has 1 aromatic rings. The maximum Gasteiger partial charge on any atom is 0.320 e. The van der Waals surface area contributed by atoms with Crippen LogP contribution in [-0.4, -0.2) is 33.5 Å². The molecule has 0 spiro atoms. The lowest BCUT2D eigenvalue weighted by molar-refractivity contribution is -0.144. The Labute approximate surface area is 101 Å². The molecule has 92 valence electrons. The Morgan fingerprint density at radius 1 is 1.59 bits per heavy atom.